The molecular weight excluding hydrogens is 428 g/mol. The van der Waals surface area contributed by atoms with E-state index in [9.17, 15) is 4.79 Å². The summed E-state index contributed by atoms with van der Waals surface area (Å²) in [5.41, 5.74) is 6.01. The van der Waals surface area contributed by atoms with Crippen LogP contribution in [0.3, 0.4) is 0 Å². The summed E-state index contributed by atoms with van der Waals surface area (Å²) in [6.07, 6.45) is 4.30. The maximum absolute atomic E-state index is 13.9. The summed E-state index contributed by atoms with van der Waals surface area (Å²) < 4.78 is 0. The van der Waals surface area contributed by atoms with Crippen LogP contribution in [0.2, 0.25) is 0 Å². The summed E-state index contributed by atoms with van der Waals surface area (Å²) in [5.74, 6) is 1.27. The molecule has 0 unspecified atom stereocenters. The van der Waals surface area contributed by atoms with Gasteiger partial charge >= 0.3 is 6.03 Å². The van der Waals surface area contributed by atoms with Crippen LogP contribution in [0, 0.1) is 0 Å². The van der Waals surface area contributed by atoms with Crippen LogP contribution < -0.4 is 5.32 Å². The van der Waals surface area contributed by atoms with Crippen molar-refractivity contribution in [2.24, 2.45) is 0 Å². The molecule has 0 aliphatic heterocycles. The number of carbonyl (C=O) groups is 1. The number of benzene rings is 3. The van der Waals surface area contributed by atoms with E-state index in [-0.39, 0.29) is 12.1 Å². The van der Waals surface area contributed by atoms with E-state index < -0.39 is 0 Å². The molecule has 0 spiro atoms. The van der Waals surface area contributed by atoms with Gasteiger partial charge in [-0.2, -0.15) is 0 Å². The van der Waals surface area contributed by atoms with E-state index in [2.05, 4.69) is 111 Å². The summed E-state index contributed by atoms with van der Waals surface area (Å²) in [4.78, 5) is 16.0. The number of carbonyl (C=O) groups excluding carboxylic acids is 1. The molecule has 3 nitrogen and oxygen atoms in total. The summed E-state index contributed by atoms with van der Waals surface area (Å²) in [6, 6.07) is 27.9. The van der Waals surface area contributed by atoms with Crippen molar-refractivity contribution < 1.29 is 4.79 Å². The van der Waals surface area contributed by atoms with Crippen molar-refractivity contribution in [1.29, 1.82) is 0 Å². The Morgan fingerprint density at radius 3 is 1.86 bits per heavy atom. The molecule has 0 bridgehead atoms. The quantitative estimate of drug-likeness (QED) is 0.369. The zero-order valence-electron chi connectivity index (χ0n) is 21.7. The predicted octanol–water partition coefficient (Wildman–Crippen LogP) is 8.69. The summed E-state index contributed by atoms with van der Waals surface area (Å²) in [6.45, 7) is 9.42. The minimum Gasteiger partial charge on any atom is -0.317 e. The van der Waals surface area contributed by atoms with Crippen molar-refractivity contribution in [3.63, 3.8) is 0 Å². The van der Waals surface area contributed by atoms with Gasteiger partial charge in [-0.25, -0.2) is 4.79 Å². The van der Waals surface area contributed by atoms with E-state index in [1.165, 1.54) is 22.3 Å². The molecule has 1 aliphatic rings. The van der Waals surface area contributed by atoms with Crippen LogP contribution in [0.1, 0.15) is 93.4 Å². The Hall–Kier alpha value is -3.07. The van der Waals surface area contributed by atoms with E-state index >= 15 is 0 Å². The van der Waals surface area contributed by atoms with Gasteiger partial charge in [0, 0.05) is 18.3 Å². The van der Waals surface area contributed by atoms with E-state index in [1.54, 1.807) is 0 Å². The smallest absolute Gasteiger partial charge is 0.317 e. The molecule has 184 valence electrons. The Labute approximate surface area is 211 Å². The first kappa shape index (κ1) is 25.0. The lowest BCUT2D eigenvalue weighted by Gasteiger charge is -2.37. The second-order valence-corrected chi connectivity index (χ2v) is 10.6. The SMILES string of the molecule is CC(C)c1cccc(C(C)C)c1NC(=O)N(Cc1ccccc1)C1CCC(c2ccccc2)CC1. The van der Waals surface area contributed by atoms with Crippen molar-refractivity contribution in [3.05, 3.63) is 101 Å². The Balaban J connectivity index is 1.58. The van der Waals surface area contributed by atoms with Gasteiger partial charge in [-0.3, -0.25) is 0 Å². The number of rotatable bonds is 7. The third kappa shape index (κ3) is 6.14. The Morgan fingerprint density at radius 1 is 0.771 bits per heavy atom. The minimum absolute atomic E-state index is 0.0204. The third-order valence-electron chi connectivity index (χ3n) is 7.47. The second-order valence-electron chi connectivity index (χ2n) is 10.6. The molecule has 3 heteroatoms. The van der Waals surface area contributed by atoms with Crippen LogP contribution >= 0.6 is 0 Å². The molecule has 0 atom stereocenters. The van der Waals surface area contributed by atoms with Crippen molar-refractivity contribution >= 4 is 11.7 Å². The van der Waals surface area contributed by atoms with E-state index in [4.69, 9.17) is 0 Å². The predicted molar refractivity (Wildman–Crippen MR) is 147 cm³/mol. The standard InChI is InChI=1S/C32H40N2O/c1-23(2)29-16-11-17-30(24(3)4)31(29)33-32(35)34(22-25-12-7-5-8-13-25)28-20-18-27(19-21-28)26-14-9-6-10-15-26/h5-17,23-24,27-28H,18-22H2,1-4H3,(H,33,35). The summed E-state index contributed by atoms with van der Waals surface area (Å²) in [5, 5.41) is 3.39. The Morgan fingerprint density at radius 2 is 1.31 bits per heavy atom. The van der Waals surface area contributed by atoms with Crippen LogP contribution in [0.5, 0.6) is 0 Å². The molecule has 1 N–H and O–H groups in total. The highest BCUT2D eigenvalue weighted by Crippen LogP contribution is 2.37. The maximum atomic E-state index is 13.9. The fourth-order valence-corrected chi connectivity index (χ4v) is 5.47. The number of anilines is 1. The minimum atomic E-state index is 0.0204. The Kier molecular flexibility index (Phi) is 8.28. The highest BCUT2D eigenvalue weighted by molar-refractivity contribution is 5.91. The maximum Gasteiger partial charge on any atom is 0.322 e. The number of para-hydroxylation sites is 1. The average Bonchev–Trinajstić information content (AvgIpc) is 2.88. The first-order valence-corrected chi connectivity index (χ1v) is 13.2. The first-order valence-electron chi connectivity index (χ1n) is 13.2. The molecule has 0 aromatic heterocycles. The van der Waals surface area contributed by atoms with Gasteiger partial charge in [0.1, 0.15) is 0 Å². The van der Waals surface area contributed by atoms with Crippen molar-refractivity contribution in [2.45, 2.75) is 83.7 Å². The monoisotopic (exact) mass is 468 g/mol. The van der Waals surface area contributed by atoms with Crippen LogP contribution in [0.4, 0.5) is 10.5 Å². The molecule has 3 aromatic carbocycles. The molecule has 1 aliphatic carbocycles. The van der Waals surface area contributed by atoms with Crippen LogP contribution in [-0.2, 0) is 6.54 Å². The number of nitrogens with zero attached hydrogens (tertiary/aromatic N) is 1. The van der Waals surface area contributed by atoms with Crippen molar-refractivity contribution in [3.8, 4) is 0 Å². The lowest BCUT2D eigenvalue weighted by Crippen LogP contribution is -2.44. The van der Waals surface area contributed by atoms with E-state index in [0.29, 0.717) is 24.3 Å². The van der Waals surface area contributed by atoms with Crippen molar-refractivity contribution in [2.75, 3.05) is 5.32 Å². The lowest BCUT2D eigenvalue weighted by molar-refractivity contribution is 0.158. The number of hydrogen-bond donors (Lipinski definition) is 1. The van der Waals surface area contributed by atoms with Gasteiger partial charge in [0.2, 0.25) is 0 Å². The zero-order valence-corrected chi connectivity index (χ0v) is 21.7. The average molecular weight is 469 g/mol. The van der Waals surface area contributed by atoms with Crippen LogP contribution in [0.25, 0.3) is 0 Å². The van der Waals surface area contributed by atoms with Gasteiger partial charge in [0.05, 0.1) is 0 Å². The normalized spacial score (nSPS) is 18.0. The molecule has 0 saturated heterocycles. The summed E-state index contributed by atoms with van der Waals surface area (Å²) in [7, 11) is 0. The molecule has 2 amide bonds. The van der Waals surface area contributed by atoms with Gasteiger partial charge in [-0.1, -0.05) is 107 Å². The van der Waals surface area contributed by atoms with Gasteiger partial charge < -0.3 is 10.2 Å². The van der Waals surface area contributed by atoms with Gasteiger partial charge in [-0.15, -0.1) is 0 Å². The van der Waals surface area contributed by atoms with E-state index in [0.717, 1.165) is 31.4 Å². The molecule has 4 rings (SSSR count). The molecule has 1 fully saturated rings. The largest absolute Gasteiger partial charge is 0.322 e. The third-order valence-corrected chi connectivity index (χ3v) is 7.47. The number of hydrogen-bond acceptors (Lipinski definition) is 1. The molecular formula is C32H40N2O. The molecule has 3 aromatic rings. The second kappa shape index (κ2) is 11.6. The molecule has 0 heterocycles. The molecule has 0 radical (unpaired) electrons. The fraction of sp³-hybridized carbons (Fsp3) is 0.406. The topological polar surface area (TPSA) is 32.3 Å². The fourth-order valence-electron chi connectivity index (χ4n) is 5.47. The number of nitrogens with one attached hydrogen (secondary N) is 1. The van der Waals surface area contributed by atoms with E-state index in [1.807, 2.05) is 6.07 Å². The lowest BCUT2D eigenvalue weighted by atomic mass is 9.81. The van der Waals surface area contributed by atoms with Gasteiger partial charge in [0.25, 0.3) is 0 Å². The van der Waals surface area contributed by atoms with Gasteiger partial charge in [0.15, 0.2) is 0 Å². The zero-order chi connectivity index (χ0) is 24.8. The highest BCUT2D eigenvalue weighted by Gasteiger charge is 2.30. The molecule has 1 saturated carbocycles. The Bertz CT molecular complexity index is 1060. The van der Waals surface area contributed by atoms with Crippen molar-refractivity contribution in [1.82, 2.24) is 4.90 Å². The van der Waals surface area contributed by atoms with Crippen LogP contribution in [0.15, 0.2) is 78.9 Å². The highest BCUT2D eigenvalue weighted by atomic mass is 16.2. The number of urea groups is 1. The first-order chi connectivity index (χ1) is 16.9. The summed E-state index contributed by atoms with van der Waals surface area (Å²) >= 11 is 0. The van der Waals surface area contributed by atoms with Crippen LogP contribution in [-0.4, -0.2) is 17.0 Å². The van der Waals surface area contributed by atoms with Gasteiger partial charge in [-0.05, 0) is 65.7 Å². The number of amides is 2. The molecule has 35 heavy (non-hydrogen) atoms.